The van der Waals surface area contributed by atoms with E-state index in [-0.39, 0.29) is 0 Å². The van der Waals surface area contributed by atoms with Gasteiger partial charge < -0.3 is 0 Å². The highest BCUT2D eigenvalue weighted by atomic mass is 14.7. The molecule has 0 aliphatic heterocycles. The Labute approximate surface area is 82.7 Å². The Kier molecular flexibility index (Phi) is 0.810. The minimum absolute atomic E-state index is 0.469. The van der Waals surface area contributed by atoms with E-state index in [1.165, 1.54) is 11.1 Å². The standard InChI is InChI=1S/C13H9N/c1-13-10-5-11(13)12(13)9-4-7(6-14)2-3-8(9)10/h2-5,10,12H,1H3/t10-,12-,13+/m0/s1. The summed E-state index contributed by atoms with van der Waals surface area (Å²) in [5, 5.41) is 8.85. The molecule has 0 spiro atoms. The zero-order chi connectivity index (χ0) is 9.50. The largest absolute Gasteiger partial charge is 0.192 e. The minimum atomic E-state index is 0.469. The van der Waals surface area contributed by atoms with Crippen LogP contribution in [0.5, 0.6) is 0 Å². The van der Waals surface area contributed by atoms with Gasteiger partial charge in [0.05, 0.1) is 11.6 Å². The Morgan fingerprint density at radius 1 is 1.36 bits per heavy atom. The van der Waals surface area contributed by atoms with Gasteiger partial charge in [0.1, 0.15) is 0 Å². The molecule has 3 aliphatic rings. The molecule has 3 aliphatic carbocycles. The topological polar surface area (TPSA) is 23.8 Å². The first-order valence-electron chi connectivity index (χ1n) is 5.03. The second-order valence-electron chi connectivity index (χ2n) is 4.77. The first-order chi connectivity index (χ1) is 6.76. The van der Waals surface area contributed by atoms with Crippen molar-refractivity contribution < 1.29 is 0 Å². The molecule has 14 heavy (non-hydrogen) atoms. The van der Waals surface area contributed by atoms with Crippen molar-refractivity contribution in [3.63, 3.8) is 0 Å². The maximum absolute atomic E-state index is 8.85. The van der Waals surface area contributed by atoms with Crippen molar-refractivity contribution in [1.82, 2.24) is 0 Å². The number of benzene rings is 1. The summed E-state index contributed by atoms with van der Waals surface area (Å²) in [7, 11) is 0. The van der Waals surface area contributed by atoms with Gasteiger partial charge in [0.2, 0.25) is 0 Å². The van der Waals surface area contributed by atoms with Gasteiger partial charge in [-0.25, -0.2) is 0 Å². The van der Waals surface area contributed by atoms with Gasteiger partial charge in [-0.1, -0.05) is 24.6 Å². The van der Waals surface area contributed by atoms with Crippen LogP contribution in [-0.4, -0.2) is 0 Å². The van der Waals surface area contributed by atoms with Gasteiger partial charge in [-0.05, 0) is 23.3 Å². The molecule has 0 amide bonds. The number of allylic oxidation sites excluding steroid dienone is 2. The predicted octanol–water partition coefficient (Wildman–Crippen LogP) is 2.70. The van der Waals surface area contributed by atoms with Crippen molar-refractivity contribution in [3.8, 4) is 6.07 Å². The van der Waals surface area contributed by atoms with Crippen LogP contribution in [0.4, 0.5) is 0 Å². The van der Waals surface area contributed by atoms with Gasteiger partial charge in [-0.2, -0.15) is 5.26 Å². The van der Waals surface area contributed by atoms with Crippen LogP contribution >= 0.6 is 0 Å². The molecule has 3 atom stereocenters. The maximum Gasteiger partial charge on any atom is 0.0991 e. The number of nitriles is 1. The molecule has 0 N–H and O–H groups in total. The van der Waals surface area contributed by atoms with E-state index in [2.05, 4.69) is 31.2 Å². The van der Waals surface area contributed by atoms with Crippen LogP contribution in [0.3, 0.4) is 0 Å². The summed E-state index contributed by atoms with van der Waals surface area (Å²) in [4.78, 5) is 0. The number of nitrogens with zero attached hydrogens (tertiary/aromatic N) is 1. The lowest BCUT2D eigenvalue weighted by Gasteiger charge is -2.25. The van der Waals surface area contributed by atoms with Gasteiger partial charge in [-0.15, -0.1) is 0 Å². The fourth-order valence-corrected chi connectivity index (χ4v) is 3.46. The van der Waals surface area contributed by atoms with E-state index in [0.29, 0.717) is 17.3 Å². The van der Waals surface area contributed by atoms with Crippen molar-refractivity contribution in [2.75, 3.05) is 0 Å². The van der Waals surface area contributed by atoms with Crippen LogP contribution in [0, 0.1) is 16.7 Å². The van der Waals surface area contributed by atoms with E-state index in [0.717, 1.165) is 5.56 Å². The average Bonchev–Trinajstić information content (AvgIpc) is 2.61. The molecule has 1 aromatic carbocycles. The van der Waals surface area contributed by atoms with Crippen molar-refractivity contribution >= 4 is 0 Å². The van der Waals surface area contributed by atoms with E-state index in [9.17, 15) is 0 Å². The molecule has 1 aromatic rings. The van der Waals surface area contributed by atoms with Crippen LogP contribution in [0.1, 0.15) is 35.4 Å². The Hall–Kier alpha value is -1.55. The van der Waals surface area contributed by atoms with E-state index in [4.69, 9.17) is 5.26 Å². The quantitative estimate of drug-likeness (QED) is 0.562. The van der Waals surface area contributed by atoms with Gasteiger partial charge in [-0.3, -0.25) is 0 Å². The summed E-state index contributed by atoms with van der Waals surface area (Å²) in [5.41, 5.74) is 5.78. The smallest absolute Gasteiger partial charge is 0.0991 e. The van der Waals surface area contributed by atoms with Crippen molar-refractivity contribution in [1.29, 1.82) is 5.26 Å². The van der Waals surface area contributed by atoms with Crippen LogP contribution in [-0.2, 0) is 0 Å². The Morgan fingerprint density at radius 3 is 3.00 bits per heavy atom. The molecule has 0 heterocycles. The molecule has 0 saturated heterocycles. The molecular formula is C13H9N. The highest BCUT2D eigenvalue weighted by Crippen LogP contribution is 2.83. The number of fused-ring (bicyclic) bond motifs is 4. The fraction of sp³-hybridized carbons (Fsp3) is 0.308. The number of hydrogen-bond acceptors (Lipinski definition) is 1. The molecule has 0 aromatic heterocycles. The molecule has 1 heteroatoms. The zero-order valence-electron chi connectivity index (χ0n) is 7.91. The second-order valence-corrected chi connectivity index (χ2v) is 4.77. The lowest BCUT2D eigenvalue weighted by Crippen LogP contribution is -2.12. The molecule has 1 fully saturated rings. The Bertz CT molecular complexity index is 547. The van der Waals surface area contributed by atoms with Crippen molar-refractivity contribution in [2.45, 2.75) is 18.8 Å². The van der Waals surface area contributed by atoms with Crippen LogP contribution < -0.4 is 0 Å². The number of hydrogen-bond donors (Lipinski definition) is 0. The van der Waals surface area contributed by atoms with Crippen LogP contribution in [0.15, 0.2) is 29.8 Å². The fourth-order valence-electron chi connectivity index (χ4n) is 3.46. The first-order valence-corrected chi connectivity index (χ1v) is 5.03. The van der Waals surface area contributed by atoms with Crippen LogP contribution in [0.2, 0.25) is 0 Å². The lowest BCUT2D eigenvalue weighted by atomic mass is 9.79. The first kappa shape index (κ1) is 6.84. The summed E-state index contributed by atoms with van der Waals surface area (Å²) >= 11 is 0. The zero-order valence-corrected chi connectivity index (χ0v) is 7.91. The molecule has 1 saturated carbocycles. The Morgan fingerprint density at radius 2 is 2.21 bits per heavy atom. The highest BCUT2D eigenvalue weighted by molar-refractivity contribution is 5.72. The summed E-state index contributed by atoms with van der Waals surface area (Å²) < 4.78 is 0. The Balaban J connectivity index is 1.99. The molecule has 66 valence electrons. The third-order valence-corrected chi connectivity index (χ3v) is 4.30. The molecule has 4 rings (SSSR count). The summed E-state index contributed by atoms with van der Waals surface area (Å²) in [6, 6.07) is 8.39. The van der Waals surface area contributed by atoms with Crippen LogP contribution in [0.25, 0.3) is 0 Å². The molecule has 1 nitrogen and oxygen atoms in total. The SMILES string of the molecule is C[C@]12C3=C[C@H]1c1ccc(C#N)cc1[C@@H]32. The molecular weight excluding hydrogens is 170 g/mol. The van der Waals surface area contributed by atoms with Gasteiger partial charge in [0, 0.05) is 17.3 Å². The van der Waals surface area contributed by atoms with E-state index in [1.807, 2.05) is 6.07 Å². The minimum Gasteiger partial charge on any atom is -0.192 e. The van der Waals surface area contributed by atoms with Gasteiger partial charge >= 0.3 is 0 Å². The monoisotopic (exact) mass is 179 g/mol. The van der Waals surface area contributed by atoms with E-state index in [1.54, 1.807) is 5.57 Å². The second kappa shape index (κ2) is 1.66. The summed E-state index contributed by atoms with van der Waals surface area (Å²) in [6.07, 6.45) is 2.40. The average molecular weight is 179 g/mol. The normalized spacial score (nSPS) is 39.0. The third kappa shape index (κ3) is 0.452. The maximum atomic E-state index is 8.85. The van der Waals surface area contributed by atoms with E-state index >= 15 is 0 Å². The molecule has 0 unspecified atom stereocenters. The predicted molar refractivity (Wildman–Crippen MR) is 52.8 cm³/mol. The third-order valence-electron chi connectivity index (χ3n) is 4.30. The van der Waals surface area contributed by atoms with Crippen molar-refractivity contribution in [2.24, 2.45) is 5.41 Å². The number of rotatable bonds is 0. The van der Waals surface area contributed by atoms with Gasteiger partial charge in [0.25, 0.3) is 0 Å². The van der Waals surface area contributed by atoms with E-state index < -0.39 is 0 Å². The summed E-state index contributed by atoms with van der Waals surface area (Å²) in [6.45, 7) is 2.35. The highest BCUT2D eigenvalue weighted by Gasteiger charge is 2.71. The molecule has 0 bridgehead atoms. The summed E-state index contributed by atoms with van der Waals surface area (Å²) in [5.74, 6) is 1.32. The molecule has 0 radical (unpaired) electrons. The van der Waals surface area contributed by atoms with Crippen molar-refractivity contribution in [3.05, 3.63) is 46.5 Å². The lowest BCUT2D eigenvalue weighted by molar-refractivity contribution is 0.511. The van der Waals surface area contributed by atoms with Gasteiger partial charge in [0.15, 0.2) is 0 Å².